The highest BCUT2D eigenvalue weighted by Crippen LogP contribution is 2.27. The molecule has 24 heavy (non-hydrogen) atoms. The number of esters is 2. The van der Waals surface area contributed by atoms with Crippen LogP contribution in [0.2, 0.25) is 0 Å². The molecule has 6 heteroatoms. The first-order valence-corrected chi connectivity index (χ1v) is 7.15. The summed E-state index contributed by atoms with van der Waals surface area (Å²) in [6, 6.07) is 6.73. The fraction of sp³-hybridized carbons (Fsp3) is 0.167. The molecule has 6 nitrogen and oxygen atoms in total. The molecule has 0 unspecified atom stereocenters. The van der Waals surface area contributed by atoms with Gasteiger partial charge in [0.25, 0.3) is 0 Å². The minimum atomic E-state index is -0.695. The van der Waals surface area contributed by atoms with E-state index in [1.807, 2.05) is 0 Å². The zero-order valence-electron chi connectivity index (χ0n) is 13.6. The molecule has 1 aliphatic rings. The first kappa shape index (κ1) is 17.2. The molecule has 0 radical (unpaired) electrons. The van der Waals surface area contributed by atoms with Crippen molar-refractivity contribution in [3.63, 3.8) is 0 Å². The predicted molar refractivity (Wildman–Crippen MR) is 88.3 cm³/mol. The quantitative estimate of drug-likeness (QED) is 0.624. The van der Waals surface area contributed by atoms with Crippen molar-refractivity contribution in [2.75, 3.05) is 19.1 Å². The molecule has 1 aliphatic heterocycles. The highest BCUT2D eigenvalue weighted by Gasteiger charge is 2.27. The molecule has 124 valence electrons. The van der Waals surface area contributed by atoms with Crippen LogP contribution in [0.4, 0.5) is 5.69 Å². The number of rotatable bonds is 4. The van der Waals surface area contributed by atoms with E-state index in [0.717, 1.165) is 0 Å². The lowest BCUT2D eigenvalue weighted by molar-refractivity contribution is -0.139. The van der Waals surface area contributed by atoms with E-state index in [2.05, 4.69) is 0 Å². The summed E-state index contributed by atoms with van der Waals surface area (Å²) >= 11 is 0. The lowest BCUT2D eigenvalue weighted by Gasteiger charge is -2.23. The highest BCUT2D eigenvalue weighted by atomic mass is 16.5. The number of ether oxygens (including phenoxy) is 2. The summed E-state index contributed by atoms with van der Waals surface area (Å²) in [5, 5.41) is 0. The average Bonchev–Trinajstić information content (AvgIpc) is 2.83. The fourth-order valence-corrected chi connectivity index (χ4v) is 2.24. The Morgan fingerprint density at radius 2 is 1.71 bits per heavy atom. The van der Waals surface area contributed by atoms with Gasteiger partial charge in [-0.05, 0) is 31.2 Å². The Morgan fingerprint density at radius 1 is 1.00 bits per heavy atom. The van der Waals surface area contributed by atoms with Crippen LogP contribution in [0.15, 0.2) is 60.0 Å². The summed E-state index contributed by atoms with van der Waals surface area (Å²) in [5.41, 5.74) is 1.10. The van der Waals surface area contributed by atoms with E-state index in [1.165, 1.54) is 32.1 Å². The van der Waals surface area contributed by atoms with Crippen LogP contribution in [-0.2, 0) is 19.1 Å². The number of nitrogens with zero attached hydrogens (tertiary/aromatic N) is 1. The first-order chi connectivity index (χ1) is 11.5. The van der Waals surface area contributed by atoms with Gasteiger partial charge in [-0.25, -0.2) is 9.59 Å². The van der Waals surface area contributed by atoms with Gasteiger partial charge in [0.1, 0.15) is 5.70 Å². The van der Waals surface area contributed by atoms with Crippen molar-refractivity contribution in [1.29, 1.82) is 0 Å². The number of Topliss-reactive ketones (excluding diaryl/α,β-unsaturated/α-hetero) is 1. The smallest absolute Gasteiger partial charge is 0.355 e. The number of hydrogen-bond donors (Lipinski definition) is 0. The van der Waals surface area contributed by atoms with Gasteiger partial charge in [0.2, 0.25) is 0 Å². The number of benzene rings is 1. The van der Waals surface area contributed by atoms with E-state index in [9.17, 15) is 14.4 Å². The van der Waals surface area contributed by atoms with Gasteiger partial charge >= 0.3 is 11.9 Å². The molecule has 1 aromatic carbocycles. The Hall–Kier alpha value is -3.15. The molecular formula is C18H17NO5. The minimum Gasteiger partial charge on any atom is -0.465 e. The summed E-state index contributed by atoms with van der Waals surface area (Å²) in [7, 11) is 2.46. The average molecular weight is 327 g/mol. The third kappa shape index (κ3) is 3.43. The molecule has 0 fully saturated rings. The number of carbonyl (C=O) groups excluding carboxylic acids is 3. The Labute approximate surface area is 139 Å². The molecule has 0 saturated heterocycles. The lowest BCUT2D eigenvalue weighted by Crippen LogP contribution is -2.27. The van der Waals surface area contributed by atoms with Crippen LogP contribution in [0, 0.1) is 0 Å². The Balaban J connectivity index is 2.65. The van der Waals surface area contributed by atoms with Crippen molar-refractivity contribution in [3.05, 3.63) is 65.5 Å². The third-order valence-electron chi connectivity index (χ3n) is 3.42. The second-order valence-electron chi connectivity index (χ2n) is 4.92. The maximum Gasteiger partial charge on any atom is 0.355 e. The molecular weight excluding hydrogens is 310 g/mol. The van der Waals surface area contributed by atoms with Crippen molar-refractivity contribution in [1.82, 2.24) is 0 Å². The second kappa shape index (κ2) is 7.41. The predicted octanol–water partition coefficient (Wildman–Crippen LogP) is 2.38. The molecule has 0 bridgehead atoms. The van der Waals surface area contributed by atoms with Crippen molar-refractivity contribution < 1.29 is 23.9 Å². The SMILES string of the molecule is COC(=O)C1=C(C(=O)OC)N(c2cccc(C(C)=O)c2)C=CC=C1. The first-order valence-electron chi connectivity index (χ1n) is 7.15. The zero-order chi connectivity index (χ0) is 17.7. The van der Waals surface area contributed by atoms with E-state index in [0.29, 0.717) is 11.3 Å². The maximum atomic E-state index is 12.3. The second-order valence-corrected chi connectivity index (χ2v) is 4.92. The molecule has 0 aliphatic carbocycles. The largest absolute Gasteiger partial charge is 0.465 e. The van der Waals surface area contributed by atoms with Gasteiger partial charge < -0.3 is 14.4 Å². The van der Waals surface area contributed by atoms with Crippen LogP contribution in [-0.4, -0.2) is 31.9 Å². The van der Waals surface area contributed by atoms with Crippen LogP contribution in [0.25, 0.3) is 0 Å². The summed E-state index contributed by atoms with van der Waals surface area (Å²) < 4.78 is 9.57. The van der Waals surface area contributed by atoms with E-state index in [1.54, 1.807) is 42.6 Å². The van der Waals surface area contributed by atoms with Gasteiger partial charge in [0.05, 0.1) is 19.8 Å². The van der Waals surface area contributed by atoms with Gasteiger partial charge in [0, 0.05) is 17.5 Å². The Morgan fingerprint density at radius 3 is 2.33 bits per heavy atom. The zero-order valence-corrected chi connectivity index (χ0v) is 13.6. The van der Waals surface area contributed by atoms with E-state index in [-0.39, 0.29) is 17.1 Å². The maximum absolute atomic E-state index is 12.3. The number of carbonyl (C=O) groups is 3. The summed E-state index contributed by atoms with van der Waals surface area (Å²) in [6.07, 6.45) is 6.37. The van der Waals surface area contributed by atoms with Crippen LogP contribution < -0.4 is 4.90 Å². The van der Waals surface area contributed by atoms with E-state index in [4.69, 9.17) is 9.47 Å². The summed E-state index contributed by atoms with van der Waals surface area (Å²) in [4.78, 5) is 37.4. The number of ketones is 1. The van der Waals surface area contributed by atoms with Crippen LogP contribution in [0.1, 0.15) is 17.3 Å². The Kier molecular flexibility index (Phi) is 5.31. The fourth-order valence-electron chi connectivity index (χ4n) is 2.24. The van der Waals surface area contributed by atoms with Crippen LogP contribution in [0.5, 0.6) is 0 Å². The van der Waals surface area contributed by atoms with Crippen molar-refractivity contribution >= 4 is 23.4 Å². The standard InChI is InChI=1S/C18H17NO5/c1-12(20)13-7-6-8-14(11-13)19-10-5-4-9-15(17(21)23-2)16(19)18(22)24-3/h4-11H,1-3H3. The topological polar surface area (TPSA) is 72.9 Å². The number of allylic oxidation sites excluding steroid dienone is 2. The summed E-state index contributed by atoms with van der Waals surface area (Å²) in [5.74, 6) is -1.46. The molecule has 0 atom stereocenters. The third-order valence-corrected chi connectivity index (χ3v) is 3.42. The van der Waals surface area contributed by atoms with Gasteiger partial charge in [-0.1, -0.05) is 18.2 Å². The summed E-state index contributed by atoms with van der Waals surface area (Å²) in [6.45, 7) is 1.45. The number of hydrogen-bond acceptors (Lipinski definition) is 6. The monoisotopic (exact) mass is 327 g/mol. The molecule has 0 N–H and O–H groups in total. The van der Waals surface area contributed by atoms with Crippen molar-refractivity contribution in [2.45, 2.75) is 6.92 Å². The van der Waals surface area contributed by atoms with E-state index < -0.39 is 11.9 Å². The minimum absolute atomic E-state index is 0.00931. The molecule has 1 heterocycles. The molecule has 2 rings (SSSR count). The highest BCUT2D eigenvalue weighted by molar-refractivity contribution is 6.05. The number of methoxy groups -OCH3 is 2. The van der Waals surface area contributed by atoms with Gasteiger partial charge in [0.15, 0.2) is 5.78 Å². The molecule has 0 aromatic heterocycles. The molecule has 0 amide bonds. The molecule has 1 aromatic rings. The molecule has 0 saturated carbocycles. The normalized spacial score (nSPS) is 13.5. The van der Waals surface area contributed by atoms with Crippen molar-refractivity contribution in [2.24, 2.45) is 0 Å². The van der Waals surface area contributed by atoms with Gasteiger partial charge in [-0.2, -0.15) is 0 Å². The van der Waals surface area contributed by atoms with Crippen LogP contribution in [0.3, 0.4) is 0 Å². The molecule has 0 spiro atoms. The lowest BCUT2D eigenvalue weighted by atomic mass is 10.1. The van der Waals surface area contributed by atoms with Gasteiger partial charge in [-0.15, -0.1) is 0 Å². The van der Waals surface area contributed by atoms with Crippen LogP contribution >= 0.6 is 0 Å². The Bertz CT molecular complexity index is 773. The van der Waals surface area contributed by atoms with Crippen molar-refractivity contribution in [3.8, 4) is 0 Å². The van der Waals surface area contributed by atoms with Gasteiger partial charge in [-0.3, -0.25) is 4.79 Å². The number of anilines is 1. The van der Waals surface area contributed by atoms with E-state index >= 15 is 0 Å².